The van der Waals surface area contributed by atoms with Gasteiger partial charge in [0.15, 0.2) is 0 Å². The highest BCUT2D eigenvalue weighted by molar-refractivity contribution is 5.33. The summed E-state index contributed by atoms with van der Waals surface area (Å²) in [5.74, 6) is 0.744. The van der Waals surface area contributed by atoms with E-state index < -0.39 is 0 Å². The van der Waals surface area contributed by atoms with Crippen molar-refractivity contribution in [2.24, 2.45) is 5.92 Å². The summed E-state index contributed by atoms with van der Waals surface area (Å²) in [6.07, 6.45) is 6.46. The van der Waals surface area contributed by atoms with Gasteiger partial charge < -0.3 is 0 Å². The number of halogens is 1. The largest absolute Gasteiger partial charge is 0.212 e. The summed E-state index contributed by atoms with van der Waals surface area (Å²) >= 11 is 0. The monoisotopic (exact) mass is 257 g/mol. The van der Waals surface area contributed by atoms with Crippen molar-refractivity contribution in [3.05, 3.63) is 47.3 Å². The van der Waals surface area contributed by atoms with Crippen LogP contribution in [0.1, 0.15) is 56.1 Å². The van der Waals surface area contributed by atoms with E-state index in [1.807, 2.05) is 31.2 Å². The van der Waals surface area contributed by atoms with E-state index in [9.17, 15) is 4.39 Å². The van der Waals surface area contributed by atoms with Gasteiger partial charge in [-0.2, -0.15) is 5.26 Å². The molecule has 1 aromatic carbocycles. The lowest BCUT2D eigenvalue weighted by molar-refractivity contribution is 0.319. The third-order valence-corrected chi connectivity index (χ3v) is 4.03. The Morgan fingerprint density at radius 1 is 1.26 bits per heavy atom. The Bertz CT molecular complexity index is 473. The molecule has 2 heteroatoms. The third-order valence-electron chi connectivity index (χ3n) is 4.03. The highest BCUT2D eigenvalue weighted by Crippen LogP contribution is 2.39. The van der Waals surface area contributed by atoms with Crippen LogP contribution in [0.3, 0.4) is 0 Å². The molecule has 0 bridgehead atoms. The van der Waals surface area contributed by atoms with Crippen LogP contribution in [-0.4, -0.2) is 0 Å². The third kappa shape index (κ3) is 3.44. The molecule has 0 unspecified atom stereocenters. The first kappa shape index (κ1) is 13.8. The van der Waals surface area contributed by atoms with E-state index in [4.69, 9.17) is 5.26 Å². The maximum Gasteiger partial charge on any atom is 0.0991 e. The van der Waals surface area contributed by atoms with Gasteiger partial charge in [0.1, 0.15) is 0 Å². The lowest BCUT2D eigenvalue weighted by atomic mass is 9.78. The number of nitrogens with zero attached hydrogens (tertiary/aromatic N) is 1. The predicted molar refractivity (Wildman–Crippen MR) is 75.3 cm³/mol. The number of benzene rings is 1. The fourth-order valence-corrected chi connectivity index (χ4v) is 2.89. The van der Waals surface area contributed by atoms with Gasteiger partial charge in [0.2, 0.25) is 0 Å². The highest BCUT2D eigenvalue weighted by atomic mass is 19.1. The SMILES string of the molecule is CC/C=C(/F)C1CCC(c2ccc(C#N)cc2)CC1. The summed E-state index contributed by atoms with van der Waals surface area (Å²) < 4.78 is 13.7. The summed E-state index contributed by atoms with van der Waals surface area (Å²) in [4.78, 5) is 0. The Kier molecular flexibility index (Phi) is 4.74. The van der Waals surface area contributed by atoms with Gasteiger partial charge in [0.05, 0.1) is 17.5 Å². The molecule has 0 atom stereocenters. The summed E-state index contributed by atoms with van der Waals surface area (Å²) in [6, 6.07) is 9.97. The van der Waals surface area contributed by atoms with Crippen LogP contribution in [0.5, 0.6) is 0 Å². The van der Waals surface area contributed by atoms with Crippen molar-refractivity contribution in [1.82, 2.24) is 0 Å². The van der Waals surface area contributed by atoms with Crippen LogP contribution in [0.4, 0.5) is 4.39 Å². The second-order valence-electron chi connectivity index (χ2n) is 5.28. The highest BCUT2D eigenvalue weighted by Gasteiger charge is 2.24. The van der Waals surface area contributed by atoms with Crippen molar-refractivity contribution in [3.63, 3.8) is 0 Å². The smallest absolute Gasteiger partial charge is 0.0991 e. The van der Waals surface area contributed by atoms with E-state index in [2.05, 4.69) is 6.07 Å². The molecule has 0 amide bonds. The minimum atomic E-state index is 0.0841. The van der Waals surface area contributed by atoms with Crippen molar-refractivity contribution in [1.29, 1.82) is 5.26 Å². The maximum atomic E-state index is 13.7. The van der Waals surface area contributed by atoms with Crippen molar-refractivity contribution in [2.45, 2.75) is 44.9 Å². The fraction of sp³-hybridized carbons (Fsp3) is 0.471. The Morgan fingerprint density at radius 3 is 2.42 bits per heavy atom. The topological polar surface area (TPSA) is 23.8 Å². The van der Waals surface area contributed by atoms with Crippen LogP contribution in [0.25, 0.3) is 0 Å². The number of hydrogen-bond acceptors (Lipinski definition) is 1. The Labute approximate surface area is 114 Å². The van der Waals surface area contributed by atoms with Crippen LogP contribution >= 0.6 is 0 Å². The van der Waals surface area contributed by atoms with Gasteiger partial charge in [0, 0.05) is 5.92 Å². The van der Waals surface area contributed by atoms with Crippen LogP contribution < -0.4 is 0 Å². The molecule has 0 aliphatic heterocycles. The number of hydrogen-bond donors (Lipinski definition) is 0. The summed E-state index contributed by atoms with van der Waals surface area (Å²) in [6.45, 7) is 1.97. The van der Waals surface area contributed by atoms with Crippen molar-refractivity contribution in [3.8, 4) is 6.07 Å². The average Bonchev–Trinajstić information content (AvgIpc) is 2.48. The van der Waals surface area contributed by atoms with Crippen molar-refractivity contribution in [2.75, 3.05) is 0 Å². The van der Waals surface area contributed by atoms with E-state index in [1.54, 1.807) is 6.08 Å². The summed E-state index contributed by atoms with van der Waals surface area (Å²) in [7, 11) is 0. The molecule has 0 spiro atoms. The molecule has 1 saturated carbocycles. The van der Waals surface area contributed by atoms with Crippen molar-refractivity contribution < 1.29 is 4.39 Å². The molecule has 1 nitrogen and oxygen atoms in total. The minimum absolute atomic E-state index is 0.0841. The van der Waals surface area contributed by atoms with Gasteiger partial charge in [-0.15, -0.1) is 0 Å². The molecule has 1 aliphatic rings. The van der Waals surface area contributed by atoms with Gasteiger partial charge in [-0.25, -0.2) is 4.39 Å². The summed E-state index contributed by atoms with van der Waals surface area (Å²) in [5, 5.41) is 8.79. The van der Waals surface area contributed by atoms with Crippen LogP contribution in [0.2, 0.25) is 0 Å². The fourth-order valence-electron chi connectivity index (χ4n) is 2.89. The zero-order chi connectivity index (χ0) is 13.7. The number of allylic oxidation sites excluding steroid dienone is 2. The normalized spacial score (nSPS) is 23.9. The predicted octanol–water partition coefficient (Wildman–Crippen LogP) is 5.10. The van der Waals surface area contributed by atoms with Gasteiger partial charge in [-0.1, -0.05) is 25.1 Å². The molecule has 19 heavy (non-hydrogen) atoms. The van der Waals surface area contributed by atoms with Gasteiger partial charge >= 0.3 is 0 Å². The Morgan fingerprint density at radius 2 is 1.89 bits per heavy atom. The molecule has 2 rings (SSSR count). The first-order valence-corrected chi connectivity index (χ1v) is 7.10. The molecule has 0 aromatic heterocycles. The first-order chi connectivity index (χ1) is 9.24. The molecule has 0 saturated heterocycles. The Balaban J connectivity index is 1.96. The van der Waals surface area contributed by atoms with Gasteiger partial charge in [-0.05, 0) is 55.7 Å². The van der Waals surface area contributed by atoms with Crippen molar-refractivity contribution >= 4 is 0 Å². The Hall–Kier alpha value is -1.62. The van der Waals surface area contributed by atoms with Crippen LogP contribution in [0, 0.1) is 17.2 Å². The number of nitriles is 1. The quantitative estimate of drug-likeness (QED) is 0.739. The minimum Gasteiger partial charge on any atom is -0.212 e. The second kappa shape index (κ2) is 6.52. The summed E-state index contributed by atoms with van der Waals surface area (Å²) in [5.41, 5.74) is 1.99. The molecule has 1 aromatic rings. The van der Waals surface area contributed by atoms with Gasteiger partial charge in [0.25, 0.3) is 0 Å². The maximum absolute atomic E-state index is 13.7. The second-order valence-corrected chi connectivity index (χ2v) is 5.28. The standard InChI is InChI=1S/C17H20FN/c1-2-3-17(18)16-10-8-15(9-11-16)14-6-4-13(12-19)5-7-14/h3-7,15-16H,2,8-11H2,1H3/b17-3+. The van der Waals surface area contributed by atoms with E-state index >= 15 is 0 Å². The zero-order valence-corrected chi connectivity index (χ0v) is 11.4. The van der Waals surface area contributed by atoms with E-state index in [0.29, 0.717) is 11.5 Å². The lowest BCUT2D eigenvalue weighted by Gasteiger charge is -2.28. The lowest BCUT2D eigenvalue weighted by Crippen LogP contribution is -2.13. The first-order valence-electron chi connectivity index (χ1n) is 7.10. The van der Waals surface area contributed by atoms with Crippen LogP contribution in [0.15, 0.2) is 36.2 Å². The molecular formula is C17H20FN. The molecule has 100 valence electrons. The average molecular weight is 257 g/mol. The molecule has 1 aliphatic carbocycles. The molecule has 0 heterocycles. The molecular weight excluding hydrogens is 237 g/mol. The van der Waals surface area contributed by atoms with Gasteiger partial charge in [-0.3, -0.25) is 0 Å². The number of rotatable bonds is 3. The zero-order valence-electron chi connectivity index (χ0n) is 11.4. The molecule has 0 N–H and O–H groups in total. The van der Waals surface area contributed by atoms with E-state index in [1.165, 1.54) is 5.56 Å². The van der Waals surface area contributed by atoms with E-state index in [0.717, 1.165) is 32.1 Å². The molecule has 1 fully saturated rings. The van der Waals surface area contributed by atoms with Crippen LogP contribution in [-0.2, 0) is 0 Å². The van der Waals surface area contributed by atoms with E-state index in [-0.39, 0.29) is 11.7 Å². The molecule has 0 radical (unpaired) electrons.